The number of benzene rings is 2. The van der Waals surface area contributed by atoms with E-state index in [1.807, 2.05) is 47.9 Å². The second-order valence-electron chi connectivity index (χ2n) is 8.30. The third-order valence-electron chi connectivity index (χ3n) is 5.83. The molecule has 9 heteroatoms. The number of nitrogens with zero attached hydrogens (tertiary/aromatic N) is 2. The number of thiophene rings is 1. The largest absolute Gasteiger partial charge is 0.489 e. The first-order chi connectivity index (χ1) is 17.9. The topological polar surface area (TPSA) is 69.9 Å². The average Bonchev–Trinajstić information content (AvgIpc) is 3.52. The average molecular weight is 535 g/mol. The van der Waals surface area contributed by atoms with E-state index in [1.165, 1.54) is 34.8 Å². The lowest BCUT2D eigenvalue weighted by Crippen LogP contribution is -2.39. The van der Waals surface area contributed by atoms with Gasteiger partial charge in [0.05, 0.1) is 22.4 Å². The summed E-state index contributed by atoms with van der Waals surface area (Å²) in [7, 11) is 0. The number of hydrogen-bond donors (Lipinski definition) is 0. The van der Waals surface area contributed by atoms with Crippen LogP contribution in [0.5, 0.6) is 5.75 Å². The molecule has 0 fully saturated rings. The zero-order chi connectivity index (χ0) is 25.9. The Balaban J connectivity index is 1.46. The molecular formula is C28H23FN2O4S2. The van der Waals surface area contributed by atoms with E-state index in [4.69, 9.17) is 9.47 Å². The van der Waals surface area contributed by atoms with Gasteiger partial charge in [-0.3, -0.25) is 9.36 Å². The van der Waals surface area contributed by atoms with Crippen molar-refractivity contribution in [1.82, 2.24) is 4.57 Å². The second kappa shape index (κ2) is 10.7. The first-order valence-electron chi connectivity index (χ1n) is 11.6. The van der Waals surface area contributed by atoms with Gasteiger partial charge in [-0.1, -0.05) is 41.7 Å². The standard InChI is InChI=1S/C28H23FN2O4S2/c1-3-34-27(33)24-17(2)30-28-31(25(24)22-5-4-14-36-22)26(32)23(37-28)15-18-8-12-21(13-9-18)35-16-19-6-10-20(29)11-7-19/h4-15,25H,3,16H2,1-2H3/b23-15-/t25-/m0/s1. The molecule has 0 aliphatic carbocycles. The van der Waals surface area contributed by atoms with Gasteiger partial charge < -0.3 is 9.47 Å². The molecule has 188 valence electrons. The highest BCUT2D eigenvalue weighted by molar-refractivity contribution is 7.10. The fourth-order valence-corrected chi connectivity index (χ4v) is 5.94. The van der Waals surface area contributed by atoms with Gasteiger partial charge in [-0.05, 0) is 66.8 Å². The van der Waals surface area contributed by atoms with Crippen LogP contribution < -0.4 is 19.6 Å². The van der Waals surface area contributed by atoms with Crippen LogP contribution in [0, 0.1) is 5.82 Å². The van der Waals surface area contributed by atoms with Crippen molar-refractivity contribution in [2.24, 2.45) is 4.99 Å². The van der Waals surface area contributed by atoms with Crippen molar-refractivity contribution in [3.63, 3.8) is 0 Å². The molecule has 4 aromatic rings. The van der Waals surface area contributed by atoms with Crippen molar-refractivity contribution in [2.45, 2.75) is 26.5 Å². The minimum absolute atomic E-state index is 0.215. The van der Waals surface area contributed by atoms with E-state index in [0.717, 1.165) is 16.0 Å². The maximum Gasteiger partial charge on any atom is 0.338 e. The van der Waals surface area contributed by atoms with E-state index in [1.54, 1.807) is 30.5 Å². The van der Waals surface area contributed by atoms with Crippen LogP contribution in [0.2, 0.25) is 0 Å². The fraction of sp³-hybridized carbons (Fsp3) is 0.179. The lowest BCUT2D eigenvalue weighted by atomic mass is 10.0. The smallest absolute Gasteiger partial charge is 0.338 e. The van der Waals surface area contributed by atoms with Crippen LogP contribution >= 0.6 is 22.7 Å². The zero-order valence-electron chi connectivity index (χ0n) is 20.1. The van der Waals surface area contributed by atoms with Crippen molar-refractivity contribution in [3.8, 4) is 5.75 Å². The summed E-state index contributed by atoms with van der Waals surface area (Å²) < 4.78 is 26.3. The molecule has 6 nitrogen and oxygen atoms in total. The first kappa shape index (κ1) is 24.9. The second-order valence-corrected chi connectivity index (χ2v) is 10.3. The Kier molecular flexibility index (Phi) is 7.16. The molecule has 1 aliphatic heterocycles. The molecule has 1 aliphatic rings. The minimum atomic E-state index is -0.584. The minimum Gasteiger partial charge on any atom is -0.489 e. The summed E-state index contributed by atoms with van der Waals surface area (Å²) in [6.07, 6.45) is 1.81. The lowest BCUT2D eigenvalue weighted by molar-refractivity contribution is -0.139. The predicted octanol–water partition coefficient (Wildman–Crippen LogP) is 4.58. The van der Waals surface area contributed by atoms with E-state index in [-0.39, 0.29) is 18.0 Å². The maximum absolute atomic E-state index is 13.6. The van der Waals surface area contributed by atoms with Gasteiger partial charge in [0.25, 0.3) is 5.56 Å². The molecule has 2 aromatic heterocycles. The number of allylic oxidation sites excluding steroid dienone is 1. The Bertz CT molecular complexity index is 1630. The Labute approximate surface area is 220 Å². The van der Waals surface area contributed by atoms with Crippen molar-refractivity contribution < 1.29 is 18.7 Å². The van der Waals surface area contributed by atoms with Gasteiger partial charge in [-0.25, -0.2) is 14.2 Å². The maximum atomic E-state index is 13.6. The van der Waals surface area contributed by atoms with Gasteiger partial charge in [0, 0.05) is 4.88 Å². The normalized spacial score (nSPS) is 15.3. The summed E-state index contributed by atoms with van der Waals surface area (Å²) in [6, 6.07) is 16.8. The summed E-state index contributed by atoms with van der Waals surface area (Å²) >= 11 is 2.77. The molecule has 0 radical (unpaired) electrons. The summed E-state index contributed by atoms with van der Waals surface area (Å²) in [5.74, 6) is -0.0876. The Morgan fingerprint density at radius 3 is 2.57 bits per heavy atom. The van der Waals surface area contributed by atoms with Crippen molar-refractivity contribution in [3.05, 3.63) is 119 Å². The number of thiazole rings is 1. The van der Waals surface area contributed by atoms with Gasteiger partial charge in [-0.15, -0.1) is 11.3 Å². The number of esters is 1. The number of hydrogen-bond acceptors (Lipinski definition) is 7. The number of carbonyl (C=O) groups is 1. The third-order valence-corrected chi connectivity index (χ3v) is 7.73. The van der Waals surface area contributed by atoms with Crippen LogP contribution in [-0.4, -0.2) is 17.1 Å². The third kappa shape index (κ3) is 5.19. The van der Waals surface area contributed by atoms with Gasteiger partial charge in [-0.2, -0.15) is 0 Å². The Hall–Kier alpha value is -3.82. The Morgan fingerprint density at radius 2 is 1.89 bits per heavy atom. The number of fused-ring (bicyclic) bond motifs is 1. The quantitative estimate of drug-likeness (QED) is 0.326. The number of halogens is 1. The number of ether oxygens (including phenoxy) is 2. The Morgan fingerprint density at radius 1 is 1.14 bits per heavy atom. The fourth-order valence-electron chi connectivity index (χ4n) is 4.07. The van der Waals surface area contributed by atoms with E-state index in [2.05, 4.69) is 4.99 Å². The van der Waals surface area contributed by atoms with Crippen LogP contribution in [0.1, 0.15) is 35.9 Å². The number of carbonyl (C=O) groups excluding carboxylic acids is 1. The van der Waals surface area contributed by atoms with Crippen molar-refractivity contribution in [1.29, 1.82) is 0 Å². The van der Waals surface area contributed by atoms with Crippen LogP contribution in [0.4, 0.5) is 4.39 Å². The van der Waals surface area contributed by atoms with Gasteiger partial charge in [0.2, 0.25) is 0 Å². The molecule has 0 bridgehead atoms. The van der Waals surface area contributed by atoms with Gasteiger partial charge in [0.15, 0.2) is 4.80 Å². The number of aromatic nitrogens is 1. The molecule has 0 spiro atoms. The predicted molar refractivity (Wildman–Crippen MR) is 142 cm³/mol. The van der Waals surface area contributed by atoms with E-state index < -0.39 is 12.0 Å². The molecule has 0 amide bonds. The zero-order valence-corrected chi connectivity index (χ0v) is 21.8. The van der Waals surface area contributed by atoms with Crippen molar-refractivity contribution in [2.75, 3.05) is 6.61 Å². The number of rotatable bonds is 7. The highest BCUT2D eigenvalue weighted by atomic mass is 32.1. The first-order valence-corrected chi connectivity index (χ1v) is 13.3. The molecule has 0 N–H and O–H groups in total. The highest BCUT2D eigenvalue weighted by Crippen LogP contribution is 2.33. The van der Waals surface area contributed by atoms with Gasteiger partial charge in [0.1, 0.15) is 24.2 Å². The SMILES string of the molecule is CCOC(=O)C1=C(C)N=c2s/c(=C\c3ccc(OCc4ccc(F)cc4)cc3)c(=O)n2[C@H]1c1cccs1. The van der Waals surface area contributed by atoms with Crippen LogP contribution in [0.25, 0.3) is 6.08 Å². The van der Waals surface area contributed by atoms with E-state index in [0.29, 0.717) is 33.0 Å². The van der Waals surface area contributed by atoms with Gasteiger partial charge >= 0.3 is 5.97 Å². The highest BCUT2D eigenvalue weighted by Gasteiger charge is 2.33. The molecule has 0 saturated heterocycles. The molecule has 3 heterocycles. The molecule has 5 rings (SSSR count). The molecule has 1 atom stereocenters. The van der Waals surface area contributed by atoms with Crippen LogP contribution in [0.3, 0.4) is 0 Å². The lowest BCUT2D eigenvalue weighted by Gasteiger charge is -2.23. The molecule has 0 saturated carbocycles. The van der Waals surface area contributed by atoms with Crippen LogP contribution in [0.15, 0.2) is 87.1 Å². The summed E-state index contributed by atoms with van der Waals surface area (Å²) in [5, 5.41) is 1.92. The summed E-state index contributed by atoms with van der Waals surface area (Å²) in [6.45, 7) is 4.08. The molecule has 37 heavy (non-hydrogen) atoms. The molecule has 0 unspecified atom stereocenters. The summed E-state index contributed by atoms with van der Waals surface area (Å²) in [4.78, 5) is 32.4. The van der Waals surface area contributed by atoms with E-state index in [9.17, 15) is 14.0 Å². The molecular weight excluding hydrogens is 511 g/mol. The van der Waals surface area contributed by atoms with Crippen LogP contribution in [-0.2, 0) is 16.1 Å². The van der Waals surface area contributed by atoms with E-state index >= 15 is 0 Å². The van der Waals surface area contributed by atoms with Crippen molar-refractivity contribution >= 4 is 34.7 Å². The molecule has 2 aromatic carbocycles. The monoisotopic (exact) mass is 534 g/mol. The summed E-state index contributed by atoms with van der Waals surface area (Å²) in [5.41, 5.74) is 2.41.